The molecule has 3 rings (SSSR count). The van der Waals surface area contributed by atoms with Crippen molar-refractivity contribution in [3.05, 3.63) is 29.8 Å². The number of nitrogens with one attached hydrogen (secondary N) is 1. The predicted octanol–water partition coefficient (Wildman–Crippen LogP) is 2.31. The van der Waals surface area contributed by atoms with Gasteiger partial charge in [-0.05, 0) is 17.4 Å². The molecule has 1 aromatic heterocycles. The van der Waals surface area contributed by atoms with Crippen molar-refractivity contribution in [2.45, 2.75) is 38.6 Å². The van der Waals surface area contributed by atoms with Gasteiger partial charge in [-0.3, -0.25) is 5.10 Å². The molecule has 0 radical (unpaired) electrons. The smallest absolute Gasteiger partial charge is 0.245 e. The first-order valence-electron chi connectivity index (χ1n) is 7.48. The summed E-state index contributed by atoms with van der Waals surface area (Å²) in [6.07, 6.45) is 1.00. The third-order valence-corrected chi connectivity index (χ3v) is 3.97. The second-order valence-corrected chi connectivity index (χ2v) is 6.77. The lowest BCUT2D eigenvalue weighted by Crippen LogP contribution is -2.26. The average Bonchev–Trinajstić information content (AvgIpc) is 3.06. The topological polar surface area (TPSA) is 70.8 Å². The normalized spacial score (nSPS) is 19.2. The first-order valence-corrected chi connectivity index (χ1v) is 7.48. The lowest BCUT2D eigenvalue weighted by molar-refractivity contribution is 0.591. The van der Waals surface area contributed by atoms with E-state index in [1.807, 2.05) is 6.07 Å². The molecule has 0 saturated carbocycles. The molecule has 1 unspecified atom stereocenters. The van der Waals surface area contributed by atoms with Gasteiger partial charge in [0, 0.05) is 24.7 Å². The Hall–Kier alpha value is -1.88. The molecule has 1 atom stereocenters. The summed E-state index contributed by atoms with van der Waals surface area (Å²) in [5, 5.41) is 7.45. The van der Waals surface area contributed by atoms with Gasteiger partial charge in [0.05, 0.1) is 0 Å². The molecule has 2 heterocycles. The summed E-state index contributed by atoms with van der Waals surface area (Å²) in [6, 6.07) is 8.59. The summed E-state index contributed by atoms with van der Waals surface area (Å²) in [5.41, 5.74) is 8.41. The maximum Gasteiger partial charge on any atom is 0.245 e. The van der Waals surface area contributed by atoms with Gasteiger partial charge < -0.3 is 10.6 Å². The van der Waals surface area contributed by atoms with Crippen LogP contribution in [0.3, 0.4) is 0 Å². The minimum atomic E-state index is 0.0690. The van der Waals surface area contributed by atoms with E-state index in [0.29, 0.717) is 0 Å². The van der Waals surface area contributed by atoms with Gasteiger partial charge in [0.1, 0.15) is 0 Å². The van der Waals surface area contributed by atoms with Crippen molar-refractivity contribution < 1.29 is 0 Å². The number of hydrogen-bond donors (Lipinski definition) is 2. The zero-order valence-corrected chi connectivity index (χ0v) is 12.9. The Morgan fingerprint density at radius 1 is 1.29 bits per heavy atom. The van der Waals surface area contributed by atoms with Crippen LogP contribution in [0.5, 0.6) is 0 Å². The molecule has 112 valence electrons. The Balaban J connectivity index is 1.94. The van der Waals surface area contributed by atoms with Crippen molar-refractivity contribution in [1.82, 2.24) is 15.2 Å². The highest BCUT2D eigenvalue weighted by molar-refractivity contribution is 5.63. The third kappa shape index (κ3) is 2.78. The molecule has 1 aliphatic heterocycles. The van der Waals surface area contributed by atoms with Crippen LogP contribution in [0.4, 0.5) is 5.95 Å². The van der Waals surface area contributed by atoms with Crippen LogP contribution in [0.1, 0.15) is 32.8 Å². The Bertz CT molecular complexity index is 626. The predicted molar refractivity (Wildman–Crippen MR) is 85.3 cm³/mol. The lowest BCUT2D eigenvalue weighted by Gasteiger charge is -2.21. The van der Waals surface area contributed by atoms with Gasteiger partial charge in [0.15, 0.2) is 5.82 Å². The summed E-state index contributed by atoms with van der Waals surface area (Å²) >= 11 is 0. The number of aromatic nitrogens is 3. The van der Waals surface area contributed by atoms with E-state index < -0.39 is 0 Å². The van der Waals surface area contributed by atoms with Gasteiger partial charge in [-0.1, -0.05) is 45.0 Å². The lowest BCUT2D eigenvalue weighted by atomic mass is 9.83. The number of aromatic amines is 1. The minimum absolute atomic E-state index is 0.0690. The Kier molecular flexibility index (Phi) is 3.45. The summed E-state index contributed by atoms with van der Waals surface area (Å²) in [6.45, 7) is 8.39. The number of H-pyrrole nitrogens is 1. The van der Waals surface area contributed by atoms with Crippen molar-refractivity contribution in [1.29, 1.82) is 0 Å². The van der Waals surface area contributed by atoms with E-state index >= 15 is 0 Å². The molecule has 3 N–H and O–H groups in total. The number of anilines is 1. The van der Waals surface area contributed by atoms with Gasteiger partial charge in [-0.2, -0.15) is 4.98 Å². The summed E-state index contributed by atoms with van der Waals surface area (Å²) in [4.78, 5) is 6.82. The molecule has 5 heteroatoms. The molecular formula is C16H23N5. The van der Waals surface area contributed by atoms with Gasteiger partial charge in [-0.15, -0.1) is 5.10 Å². The Morgan fingerprint density at radius 2 is 2.05 bits per heavy atom. The van der Waals surface area contributed by atoms with Crippen LogP contribution in [-0.2, 0) is 5.41 Å². The van der Waals surface area contributed by atoms with Crippen LogP contribution in [-0.4, -0.2) is 34.3 Å². The van der Waals surface area contributed by atoms with Gasteiger partial charge >= 0.3 is 0 Å². The van der Waals surface area contributed by atoms with Crippen molar-refractivity contribution in [3.63, 3.8) is 0 Å². The summed E-state index contributed by atoms with van der Waals surface area (Å²) in [5.74, 6) is 1.58. The Morgan fingerprint density at radius 3 is 2.71 bits per heavy atom. The van der Waals surface area contributed by atoms with Crippen LogP contribution in [0.15, 0.2) is 24.3 Å². The first kappa shape index (κ1) is 14.1. The third-order valence-electron chi connectivity index (χ3n) is 3.97. The van der Waals surface area contributed by atoms with Crippen LogP contribution in [0.25, 0.3) is 11.4 Å². The van der Waals surface area contributed by atoms with E-state index in [1.165, 1.54) is 5.56 Å². The fraction of sp³-hybridized carbons (Fsp3) is 0.500. The van der Waals surface area contributed by atoms with Crippen LogP contribution >= 0.6 is 0 Å². The van der Waals surface area contributed by atoms with E-state index in [9.17, 15) is 0 Å². The monoisotopic (exact) mass is 285 g/mol. The van der Waals surface area contributed by atoms with Crippen LogP contribution in [0, 0.1) is 0 Å². The van der Waals surface area contributed by atoms with Crippen molar-refractivity contribution >= 4 is 5.95 Å². The first-order chi connectivity index (χ1) is 9.95. The van der Waals surface area contributed by atoms with Crippen LogP contribution < -0.4 is 10.6 Å². The van der Waals surface area contributed by atoms with Crippen molar-refractivity contribution in [2.75, 3.05) is 18.0 Å². The molecule has 0 bridgehead atoms. The molecule has 5 nitrogen and oxygen atoms in total. The highest BCUT2D eigenvalue weighted by Crippen LogP contribution is 2.31. The molecule has 2 aromatic rings. The van der Waals surface area contributed by atoms with E-state index in [2.05, 4.69) is 59.1 Å². The quantitative estimate of drug-likeness (QED) is 0.888. The highest BCUT2D eigenvalue weighted by atomic mass is 15.4. The van der Waals surface area contributed by atoms with E-state index in [0.717, 1.165) is 36.8 Å². The summed E-state index contributed by atoms with van der Waals surface area (Å²) in [7, 11) is 0. The number of nitrogens with two attached hydrogens (primary N) is 1. The minimum Gasteiger partial charge on any atom is -0.338 e. The van der Waals surface area contributed by atoms with E-state index in [4.69, 9.17) is 5.73 Å². The number of rotatable bonds is 2. The van der Waals surface area contributed by atoms with Crippen LogP contribution in [0.2, 0.25) is 0 Å². The molecule has 21 heavy (non-hydrogen) atoms. The standard InChI is InChI=1S/C16H23N5/c1-16(2,3)13-7-5-4-6-12(13)14-18-15(20-19-14)21-9-8-11(17)10-21/h4-7,11H,8-10,17H2,1-3H3,(H,18,19,20). The van der Waals surface area contributed by atoms with Gasteiger partial charge in [0.25, 0.3) is 0 Å². The molecular weight excluding hydrogens is 262 g/mol. The average molecular weight is 285 g/mol. The fourth-order valence-electron chi connectivity index (χ4n) is 2.83. The molecule has 0 aliphatic carbocycles. The largest absolute Gasteiger partial charge is 0.338 e. The van der Waals surface area contributed by atoms with Crippen molar-refractivity contribution in [3.8, 4) is 11.4 Å². The molecule has 0 amide bonds. The van der Waals surface area contributed by atoms with E-state index in [-0.39, 0.29) is 11.5 Å². The maximum atomic E-state index is 5.95. The molecule has 1 fully saturated rings. The number of hydrogen-bond acceptors (Lipinski definition) is 4. The highest BCUT2D eigenvalue weighted by Gasteiger charge is 2.24. The molecule has 0 spiro atoms. The van der Waals surface area contributed by atoms with Crippen molar-refractivity contribution in [2.24, 2.45) is 5.73 Å². The zero-order valence-electron chi connectivity index (χ0n) is 12.9. The van der Waals surface area contributed by atoms with Gasteiger partial charge in [-0.25, -0.2) is 0 Å². The summed E-state index contributed by atoms with van der Waals surface area (Å²) < 4.78 is 0. The molecule has 1 aliphatic rings. The molecule has 1 aromatic carbocycles. The fourth-order valence-corrected chi connectivity index (χ4v) is 2.83. The number of benzene rings is 1. The second-order valence-electron chi connectivity index (χ2n) is 6.77. The van der Waals surface area contributed by atoms with E-state index in [1.54, 1.807) is 0 Å². The molecule has 1 saturated heterocycles. The SMILES string of the molecule is CC(C)(C)c1ccccc1-c1nc(N2CCC(N)C2)n[nH]1. The maximum absolute atomic E-state index is 5.95. The zero-order chi connectivity index (χ0) is 15.0. The second kappa shape index (κ2) is 5.15. The Labute approximate surface area is 125 Å². The number of nitrogens with zero attached hydrogens (tertiary/aromatic N) is 3. The van der Waals surface area contributed by atoms with Gasteiger partial charge in [0.2, 0.25) is 5.95 Å².